The van der Waals surface area contributed by atoms with Crippen molar-refractivity contribution in [1.29, 1.82) is 0 Å². The highest BCUT2D eigenvalue weighted by molar-refractivity contribution is 5.96. The molecule has 3 unspecified atom stereocenters. The van der Waals surface area contributed by atoms with Gasteiger partial charge in [-0.05, 0) is 62.6 Å². The number of carbonyl (C=O) groups is 1. The molecule has 2 bridgehead atoms. The number of nitrogens with zero attached hydrogens (tertiary/aromatic N) is 5. The highest BCUT2D eigenvalue weighted by Gasteiger charge is 2.49. The van der Waals surface area contributed by atoms with Crippen LogP contribution < -0.4 is 4.74 Å². The van der Waals surface area contributed by atoms with Gasteiger partial charge in [0.25, 0.3) is 5.91 Å². The van der Waals surface area contributed by atoms with E-state index in [9.17, 15) is 9.18 Å². The van der Waals surface area contributed by atoms with E-state index in [1.807, 2.05) is 24.0 Å². The molecular formula is C22H22FN5O2. The van der Waals surface area contributed by atoms with Crippen molar-refractivity contribution in [1.82, 2.24) is 24.9 Å². The average molecular weight is 407 g/mol. The van der Waals surface area contributed by atoms with Crippen LogP contribution in [0.2, 0.25) is 0 Å². The fourth-order valence-electron chi connectivity index (χ4n) is 4.67. The predicted molar refractivity (Wildman–Crippen MR) is 107 cm³/mol. The van der Waals surface area contributed by atoms with Crippen molar-refractivity contribution < 1.29 is 13.9 Å². The lowest BCUT2D eigenvalue weighted by Gasteiger charge is -2.25. The van der Waals surface area contributed by atoms with Crippen LogP contribution in [0.3, 0.4) is 0 Å². The number of hydrogen-bond donors (Lipinski definition) is 0. The Labute approximate surface area is 173 Å². The number of amides is 1. The van der Waals surface area contributed by atoms with Gasteiger partial charge in [-0.2, -0.15) is 10.2 Å². The molecule has 0 radical (unpaired) electrons. The van der Waals surface area contributed by atoms with Gasteiger partial charge in [-0.1, -0.05) is 0 Å². The number of ether oxygens (including phenoxy) is 1. The Kier molecular flexibility index (Phi) is 4.69. The van der Waals surface area contributed by atoms with Gasteiger partial charge in [0.1, 0.15) is 17.3 Å². The minimum atomic E-state index is -0.285. The number of aromatic nitrogens is 4. The van der Waals surface area contributed by atoms with Gasteiger partial charge < -0.3 is 9.64 Å². The summed E-state index contributed by atoms with van der Waals surface area (Å²) in [7, 11) is 0. The summed E-state index contributed by atoms with van der Waals surface area (Å²) < 4.78 is 19.0. The first-order valence-corrected chi connectivity index (χ1v) is 10.2. The highest BCUT2D eigenvalue weighted by Crippen LogP contribution is 2.43. The Bertz CT molecular complexity index is 1050. The SMILES string of the molecule is Cc1ccc(-n2nccn2)c(C(=O)N2C3CCC2C(COc2ccc(F)cc2)C3)n1. The minimum absolute atomic E-state index is 0.0808. The van der Waals surface area contributed by atoms with Crippen molar-refractivity contribution in [2.75, 3.05) is 6.61 Å². The maximum atomic E-state index is 13.5. The van der Waals surface area contributed by atoms with Crippen LogP contribution in [0, 0.1) is 18.7 Å². The summed E-state index contributed by atoms with van der Waals surface area (Å²) in [6.45, 7) is 2.38. The van der Waals surface area contributed by atoms with Crippen LogP contribution >= 0.6 is 0 Å². The Balaban J connectivity index is 1.36. The number of benzene rings is 1. The van der Waals surface area contributed by atoms with Crippen LogP contribution in [0.4, 0.5) is 4.39 Å². The summed E-state index contributed by atoms with van der Waals surface area (Å²) in [5.74, 6) is 0.522. The molecule has 3 aromatic rings. The number of halogens is 1. The number of rotatable bonds is 5. The summed E-state index contributed by atoms with van der Waals surface area (Å²) >= 11 is 0. The predicted octanol–water partition coefficient (Wildman–Crippen LogP) is 3.18. The zero-order chi connectivity index (χ0) is 20.7. The lowest BCUT2D eigenvalue weighted by atomic mass is 9.90. The molecule has 2 aliphatic rings. The van der Waals surface area contributed by atoms with Crippen molar-refractivity contribution in [2.45, 2.75) is 38.3 Å². The van der Waals surface area contributed by atoms with Crippen LogP contribution in [-0.2, 0) is 0 Å². The topological polar surface area (TPSA) is 73.1 Å². The van der Waals surface area contributed by atoms with Gasteiger partial charge in [0, 0.05) is 23.7 Å². The number of fused-ring (bicyclic) bond motifs is 2. The molecule has 1 aromatic carbocycles. The van der Waals surface area contributed by atoms with E-state index in [2.05, 4.69) is 15.2 Å². The van der Waals surface area contributed by atoms with E-state index in [-0.39, 0.29) is 29.7 Å². The van der Waals surface area contributed by atoms with Gasteiger partial charge in [0.15, 0.2) is 5.69 Å². The Morgan fingerprint density at radius 3 is 2.67 bits per heavy atom. The summed E-state index contributed by atoms with van der Waals surface area (Å²) in [6, 6.07) is 10.0. The fraction of sp³-hybridized carbons (Fsp3) is 0.364. The highest BCUT2D eigenvalue weighted by atomic mass is 19.1. The zero-order valence-electron chi connectivity index (χ0n) is 16.6. The molecule has 0 N–H and O–H groups in total. The van der Waals surface area contributed by atoms with Gasteiger partial charge in [-0.25, -0.2) is 9.37 Å². The van der Waals surface area contributed by atoms with Gasteiger partial charge >= 0.3 is 0 Å². The van der Waals surface area contributed by atoms with E-state index in [4.69, 9.17) is 4.74 Å². The second-order valence-corrected chi connectivity index (χ2v) is 7.91. The fourth-order valence-corrected chi connectivity index (χ4v) is 4.67. The van der Waals surface area contributed by atoms with Crippen LogP contribution in [0.15, 0.2) is 48.8 Å². The van der Waals surface area contributed by atoms with Crippen LogP contribution in [0.1, 0.15) is 35.4 Å². The smallest absolute Gasteiger partial charge is 0.275 e. The van der Waals surface area contributed by atoms with Crippen molar-refractivity contribution in [3.63, 3.8) is 0 Å². The van der Waals surface area contributed by atoms with E-state index in [0.29, 0.717) is 23.7 Å². The van der Waals surface area contributed by atoms with E-state index < -0.39 is 0 Å². The molecule has 2 aromatic heterocycles. The molecule has 2 aliphatic heterocycles. The first-order valence-electron chi connectivity index (χ1n) is 10.2. The molecule has 3 atom stereocenters. The summed E-state index contributed by atoms with van der Waals surface area (Å²) in [4.78, 5) is 21.5. The van der Waals surface area contributed by atoms with E-state index in [0.717, 1.165) is 25.0 Å². The Hall–Kier alpha value is -3.29. The Morgan fingerprint density at radius 2 is 1.90 bits per heavy atom. The molecule has 0 saturated carbocycles. The van der Waals surface area contributed by atoms with Gasteiger partial charge in [-0.15, -0.1) is 4.80 Å². The molecule has 2 fully saturated rings. The zero-order valence-corrected chi connectivity index (χ0v) is 16.6. The maximum Gasteiger partial charge on any atom is 0.275 e. The van der Waals surface area contributed by atoms with E-state index in [1.165, 1.54) is 16.9 Å². The number of aryl methyl sites for hydroxylation is 1. The standard InChI is InChI=1S/C22H22FN5O2/c1-14-2-8-20(28-24-10-11-25-28)21(26-14)22(29)27-17-5-9-19(27)15(12-17)13-30-18-6-3-16(23)4-7-18/h2-4,6-8,10-11,15,17,19H,5,9,12-13H2,1H3. The van der Waals surface area contributed by atoms with Crippen molar-refractivity contribution in [3.8, 4) is 11.4 Å². The lowest BCUT2D eigenvalue weighted by molar-refractivity contribution is 0.0703. The molecule has 7 nitrogen and oxygen atoms in total. The second kappa shape index (κ2) is 7.51. The van der Waals surface area contributed by atoms with Crippen LogP contribution in [-0.4, -0.2) is 49.5 Å². The van der Waals surface area contributed by atoms with Crippen molar-refractivity contribution in [3.05, 3.63) is 66.0 Å². The monoisotopic (exact) mass is 407 g/mol. The molecule has 8 heteroatoms. The first kappa shape index (κ1) is 18.7. The third-order valence-corrected chi connectivity index (χ3v) is 6.03. The quantitative estimate of drug-likeness (QED) is 0.650. The van der Waals surface area contributed by atoms with Gasteiger partial charge in [0.2, 0.25) is 0 Å². The molecule has 154 valence electrons. The number of carbonyl (C=O) groups excluding carboxylic acids is 1. The summed E-state index contributed by atoms with van der Waals surface area (Å²) in [5.41, 5.74) is 1.74. The van der Waals surface area contributed by atoms with E-state index >= 15 is 0 Å². The largest absolute Gasteiger partial charge is 0.493 e. The number of hydrogen-bond acceptors (Lipinski definition) is 5. The molecule has 0 aliphatic carbocycles. The number of pyridine rings is 1. The molecule has 0 spiro atoms. The first-order chi connectivity index (χ1) is 14.6. The second-order valence-electron chi connectivity index (χ2n) is 7.91. The minimum Gasteiger partial charge on any atom is -0.493 e. The molecule has 5 rings (SSSR count). The van der Waals surface area contributed by atoms with Crippen LogP contribution in [0.25, 0.3) is 5.69 Å². The third-order valence-electron chi connectivity index (χ3n) is 6.03. The van der Waals surface area contributed by atoms with Gasteiger partial charge in [0.05, 0.1) is 19.0 Å². The van der Waals surface area contributed by atoms with Crippen LogP contribution in [0.5, 0.6) is 5.75 Å². The maximum absolute atomic E-state index is 13.5. The third kappa shape index (κ3) is 3.32. The van der Waals surface area contributed by atoms with Crippen molar-refractivity contribution in [2.24, 2.45) is 5.92 Å². The molecule has 1 amide bonds. The lowest BCUT2D eigenvalue weighted by Crippen LogP contribution is -2.38. The van der Waals surface area contributed by atoms with E-state index in [1.54, 1.807) is 24.5 Å². The molecule has 4 heterocycles. The normalized spacial score (nSPS) is 22.5. The molecule has 30 heavy (non-hydrogen) atoms. The Morgan fingerprint density at radius 1 is 1.13 bits per heavy atom. The van der Waals surface area contributed by atoms with Gasteiger partial charge in [-0.3, -0.25) is 4.79 Å². The summed E-state index contributed by atoms with van der Waals surface area (Å²) in [5, 5.41) is 8.34. The average Bonchev–Trinajstić information content (AvgIpc) is 3.49. The molecular weight excluding hydrogens is 385 g/mol. The molecule has 2 saturated heterocycles. The van der Waals surface area contributed by atoms with Crippen molar-refractivity contribution >= 4 is 5.91 Å². The summed E-state index contributed by atoms with van der Waals surface area (Å²) in [6.07, 6.45) is 6.01.